The Hall–Kier alpha value is -3.22. The average Bonchev–Trinajstić information content (AvgIpc) is 3.18. The van der Waals surface area contributed by atoms with Crippen LogP contribution in [0.5, 0.6) is 11.5 Å². The van der Waals surface area contributed by atoms with Gasteiger partial charge in [-0.25, -0.2) is 4.79 Å². The summed E-state index contributed by atoms with van der Waals surface area (Å²) in [7, 11) is 3.09. The number of ether oxygens (including phenoxy) is 2. The van der Waals surface area contributed by atoms with Gasteiger partial charge in [-0.2, -0.15) is 0 Å². The van der Waals surface area contributed by atoms with Crippen molar-refractivity contribution in [3.8, 4) is 11.5 Å². The summed E-state index contributed by atoms with van der Waals surface area (Å²) in [5.74, 6) is 0.894. The first-order valence-electron chi connectivity index (χ1n) is 9.19. The SMILES string of the molecule is COc1ccc(NC(=O)C2CCCN2C(=O)Nc2cccc(C)c2)cc1OC. The first kappa shape index (κ1) is 19.5. The number of hydrogen-bond donors (Lipinski definition) is 2. The third kappa shape index (κ3) is 4.36. The van der Waals surface area contributed by atoms with Crippen molar-refractivity contribution in [2.45, 2.75) is 25.8 Å². The molecular weight excluding hydrogens is 358 g/mol. The topological polar surface area (TPSA) is 79.9 Å². The Labute approximate surface area is 164 Å². The third-order valence-electron chi connectivity index (χ3n) is 4.74. The molecule has 2 aromatic rings. The number of nitrogens with one attached hydrogen (secondary N) is 2. The molecule has 1 saturated heterocycles. The van der Waals surface area contributed by atoms with E-state index in [0.29, 0.717) is 30.2 Å². The predicted octanol–water partition coefficient (Wildman–Crippen LogP) is 3.65. The minimum Gasteiger partial charge on any atom is -0.493 e. The highest BCUT2D eigenvalue weighted by atomic mass is 16.5. The molecule has 1 unspecified atom stereocenters. The van der Waals surface area contributed by atoms with Crippen LogP contribution in [-0.2, 0) is 4.79 Å². The van der Waals surface area contributed by atoms with Gasteiger partial charge in [0.15, 0.2) is 11.5 Å². The number of carbonyl (C=O) groups is 2. The van der Waals surface area contributed by atoms with Crippen LogP contribution in [-0.4, -0.2) is 43.6 Å². The number of anilines is 2. The number of urea groups is 1. The summed E-state index contributed by atoms with van der Waals surface area (Å²) in [5.41, 5.74) is 2.37. The average molecular weight is 383 g/mol. The Morgan fingerprint density at radius 3 is 2.46 bits per heavy atom. The van der Waals surface area contributed by atoms with Gasteiger partial charge in [0, 0.05) is 24.0 Å². The zero-order chi connectivity index (χ0) is 20.1. The maximum Gasteiger partial charge on any atom is 0.322 e. The molecule has 0 spiro atoms. The normalized spacial score (nSPS) is 15.8. The monoisotopic (exact) mass is 383 g/mol. The van der Waals surface area contributed by atoms with Crippen molar-refractivity contribution >= 4 is 23.3 Å². The zero-order valence-electron chi connectivity index (χ0n) is 16.3. The summed E-state index contributed by atoms with van der Waals surface area (Å²) >= 11 is 0. The fourth-order valence-electron chi connectivity index (χ4n) is 3.34. The molecule has 7 nitrogen and oxygen atoms in total. The predicted molar refractivity (Wildman–Crippen MR) is 108 cm³/mol. The molecule has 1 atom stereocenters. The van der Waals surface area contributed by atoms with Crippen LogP contribution in [0.25, 0.3) is 0 Å². The zero-order valence-corrected chi connectivity index (χ0v) is 16.3. The molecule has 148 valence electrons. The van der Waals surface area contributed by atoms with Crippen LogP contribution in [0.4, 0.5) is 16.2 Å². The molecule has 28 heavy (non-hydrogen) atoms. The Morgan fingerprint density at radius 1 is 1.00 bits per heavy atom. The van der Waals surface area contributed by atoms with Gasteiger partial charge in [0.05, 0.1) is 14.2 Å². The summed E-state index contributed by atoms with van der Waals surface area (Å²) in [5, 5.41) is 5.75. The maximum absolute atomic E-state index is 12.8. The number of hydrogen-bond acceptors (Lipinski definition) is 4. The smallest absolute Gasteiger partial charge is 0.322 e. The molecule has 1 aliphatic heterocycles. The lowest BCUT2D eigenvalue weighted by Gasteiger charge is -2.24. The molecule has 3 amide bonds. The number of nitrogens with zero attached hydrogens (tertiary/aromatic N) is 1. The van der Waals surface area contributed by atoms with E-state index < -0.39 is 6.04 Å². The van der Waals surface area contributed by atoms with E-state index in [1.54, 1.807) is 30.2 Å². The minimum absolute atomic E-state index is 0.218. The largest absolute Gasteiger partial charge is 0.493 e. The molecule has 1 aliphatic rings. The Balaban J connectivity index is 1.68. The van der Waals surface area contributed by atoms with Crippen LogP contribution in [0.2, 0.25) is 0 Å². The highest BCUT2D eigenvalue weighted by Crippen LogP contribution is 2.30. The van der Waals surface area contributed by atoms with Crippen LogP contribution in [0, 0.1) is 6.92 Å². The molecule has 1 heterocycles. The molecule has 0 bridgehead atoms. The van der Waals surface area contributed by atoms with E-state index in [9.17, 15) is 9.59 Å². The summed E-state index contributed by atoms with van der Waals surface area (Å²) in [6, 6.07) is 12.0. The van der Waals surface area contributed by atoms with Crippen molar-refractivity contribution in [3.05, 3.63) is 48.0 Å². The quantitative estimate of drug-likeness (QED) is 0.826. The van der Waals surface area contributed by atoms with Gasteiger partial charge in [0.1, 0.15) is 6.04 Å². The van der Waals surface area contributed by atoms with Crippen molar-refractivity contribution in [2.24, 2.45) is 0 Å². The lowest BCUT2D eigenvalue weighted by molar-refractivity contribution is -0.119. The van der Waals surface area contributed by atoms with Gasteiger partial charge in [-0.15, -0.1) is 0 Å². The second-order valence-corrected chi connectivity index (χ2v) is 6.71. The lowest BCUT2D eigenvalue weighted by Crippen LogP contribution is -2.45. The van der Waals surface area contributed by atoms with E-state index in [2.05, 4.69) is 10.6 Å². The molecular formula is C21H25N3O4. The van der Waals surface area contributed by atoms with Crippen LogP contribution in [0.1, 0.15) is 18.4 Å². The van der Waals surface area contributed by atoms with E-state index >= 15 is 0 Å². The summed E-state index contributed by atoms with van der Waals surface area (Å²) < 4.78 is 10.5. The molecule has 0 saturated carbocycles. The van der Waals surface area contributed by atoms with Crippen LogP contribution in [0.15, 0.2) is 42.5 Å². The number of methoxy groups -OCH3 is 2. The molecule has 1 fully saturated rings. The van der Waals surface area contributed by atoms with Crippen molar-refractivity contribution in [3.63, 3.8) is 0 Å². The van der Waals surface area contributed by atoms with Gasteiger partial charge in [-0.3, -0.25) is 4.79 Å². The number of amides is 3. The van der Waals surface area contributed by atoms with Crippen LogP contribution < -0.4 is 20.1 Å². The fourth-order valence-corrected chi connectivity index (χ4v) is 3.34. The van der Waals surface area contributed by atoms with Gasteiger partial charge in [0.2, 0.25) is 5.91 Å². The molecule has 3 rings (SSSR count). The second-order valence-electron chi connectivity index (χ2n) is 6.71. The van der Waals surface area contributed by atoms with Crippen molar-refractivity contribution in [2.75, 3.05) is 31.4 Å². The fraction of sp³-hybridized carbons (Fsp3) is 0.333. The Kier molecular flexibility index (Phi) is 6.03. The van der Waals surface area contributed by atoms with Gasteiger partial charge in [0.25, 0.3) is 0 Å². The van der Waals surface area contributed by atoms with Crippen LogP contribution in [0.3, 0.4) is 0 Å². The summed E-state index contributed by atoms with van der Waals surface area (Å²) in [4.78, 5) is 27.0. The molecule has 7 heteroatoms. The summed E-state index contributed by atoms with van der Waals surface area (Å²) in [6.45, 7) is 2.51. The first-order chi connectivity index (χ1) is 13.5. The van der Waals surface area contributed by atoms with Crippen molar-refractivity contribution < 1.29 is 19.1 Å². The van der Waals surface area contributed by atoms with Gasteiger partial charge in [-0.05, 0) is 49.6 Å². The third-order valence-corrected chi connectivity index (χ3v) is 4.74. The van der Waals surface area contributed by atoms with E-state index in [4.69, 9.17) is 9.47 Å². The molecule has 0 aliphatic carbocycles. The minimum atomic E-state index is -0.516. The lowest BCUT2D eigenvalue weighted by atomic mass is 10.2. The van der Waals surface area contributed by atoms with Gasteiger partial charge >= 0.3 is 6.03 Å². The molecule has 0 radical (unpaired) electrons. The number of aryl methyl sites for hydroxylation is 1. The standard InChI is InChI=1S/C21H25N3O4/c1-14-6-4-7-15(12-14)23-21(26)24-11-5-8-17(24)20(25)22-16-9-10-18(27-2)19(13-16)28-3/h4,6-7,9-10,12-13,17H,5,8,11H2,1-3H3,(H,22,25)(H,23,26). The van der Waals surface area contributed by atoms with E-state index in [-0.39, 0.29) is 11.9 Å². The van der Waals surface area contributed by atoms with E-state index in [1.165, 1.54) is 7.11 Å². The van der Waals surface area contributed by atoms with Crippen LogP contribution >= 0.6 is 0 Å². The van der Waals surface area contributed by atoms with Crippen molar-refractivity contribution in [1.82, 2.24) is 4.90 Å². The van der Waals surface area contributed by atoms with Gasteiger partial charge in [-0.1, -0.05) is 12.1 Å². The molecule has 0 aromatic heterocycles. The summed E-state index contributed by atoms with van der Waals surface area (Å²) in [6.07, 6.45) is 1.41. The van der Waals surface area contributed by atoms with E-state index in [1.807, 2.05) is 31.2 Å². The first-order valence-corrected chi connectivity index (χ1v) is 9.19. The molecule has 2 aromatic carbocycles. The number of benzene rings is 2. The van der Waals surface area contributed by atoms with Crippen molar-refractivity contribution in [1.29, 1.82) is 0 Å². The Morgan fingerprint density at radius 2 is 1.75 bits per heavy atom. The number of carbonyl (C=O) groups excluding carboxylic acids is 2. The number of likely N-dealkylation sites (tertiary alicyclic amines) is 1. The highest BCUT2D eigenvalue weighted by molar-refractivity contribution is 5.99. The maximum atomic E-state index is 12.8. The second kappa shape index (κ2) is 8.65. The number of rotatable bonds is 5. The Bertz CT molecular complexity index is 868. The highest BCUT2D eigenvalue weighted by Gasteiger charge is 2.34. The van der Waals surface area contributed by atoms with Gasteiger partial charge < -0.3 is 25.0 Å². The molecule has 2 N–H and O–H groups in total. The van der Waals surface area contributed by atoms with E-state index in [0.717, 1.165) is 17.7 Å².